The maximum Gasteiger partial charge on any atom is 0.126 e. The Bertz CT molecular complexity index is 574. The molecule has 0 unspecified atom stereocenters. The van der Waals surface area contributed by atoms with Crippen LogP contribution in [-0.4, -0.2) is 16.7 Å². The zero-order valence-corrected chi connectivity index (χ0v) is 11.9. The topological polar surface area (TPSA) is 42.4 Å². The molecule has 1 aliphatic rings. The number of ether oxygens (including phenoxy) is 1. The van der Waals surface area contributed by atoms with E-state index < -0.39 is 6.10 Å². The van der Waals surface area contributed by atoms with Gasteiger partial charge in [-0.25, -0.2) is 0 Å². The van der Waals surface area contributed by atoms with Gasteiger partial charge in [-0.2, -0.15) is 0 Å². The first kappa shape index (κ1) is 12.6. The minimum atomic E-state index is -0.501. The third kappa shape index (κ3) is 2.65. The Kier molecular flexibility index (Phi) is 3.53. The summed E-state index contributed by atoms with van der Waals surface area (Å²) in [6, 6.07) is 11.6. The van der Waals surface area contributed by atoms with E-state index >= 15 is 0 Å². The van der Waals surface area contributed by atoms with Crippen LogP contribution < -0.4 is 4.74 Å². The molecule has 0 saturated heterocycles. The summed E-state index contributed by atoms with van der Waals surface area (Å²) in [5.74, 6) is 0.808. The number of fused-ring (bicyclic) bond motifs is 1. The number of rotatable bonds is 2. The molecule has 2 aromatic rings. The van der Waals surface area contributed by atoms with Gasteiger partial charge in [0.1, 0.15) is 5.75 Å². The molecule has 19 heavy (non-hydrogen) atoms. The van der Waals surface area contributed by atoms with Crippen molar-refractivity contribution >= 4 is 15.9 Å². The molecule has 2 heterocycles. The number of benzene rings is 1. The van der Waals surface area contributed by atoms with E-state index in [1.807, 2.05) is 36.4 Å². The Hall–Kier alpha value is -1.39. The normalized spacial score (nSPS) is 21.6. The van der Waals surface area contributed by atoms with Gasteiger partial charge in [-0.15, -0.1) is 0 Å². The predicted molar refractivity (Wildman–Crippen MR) is 76.0 cm³/mol. The third-order valence-corrected chi connectivity index (χ3v) is 3.88. The fraction of sp³-hybridized carbons (Fsp3) is 0.267. The average Bonchev–Trinajstić information content (AvgIpc) is 2.43. The summed E-state index contributed by atoms with van der Waals surface area (Å²) >= 11 is 3.41. The van der Waals surface area contributed by atoms with Crippen LogP contribution in [0.5, 0.6) is 5.75 Å². The summed E-state index contributed by atoms with van der Waals surface area (Å²) < 4.78 is 6.70. The van der Waals surface area contributed by atoms with Crippen LogP contribution in [0.25, 0.3) is 0 Å². The van der Waals surface area contributed by atoms with E-state index in [0.717, 1.165) is 27.9 Å². The molecule has 0 saturated carbocycles. The molecule has 3 nitrogen and oxygen atoms in total. The number of halogens is 1. The predicted octanol–water partition coefficient (Wildman–Crippen LogP) is 3.13. The van der Waals surface area contributed by atoms with Gasteiger partial charge >= 0.3 is 0 Å². The van der Waals surface area contributed by atoms with Crippen LogP contribution in [0, 0.1) is 5.92 Å². The Morgan fingerprint density at radius 3 is 3.00 bits per heavy atom. The van der Waals surface area contributed by atoms with Crippen LogP contribution in [0.15, 0.2) is 47.1 Å². The molecule has 0 bridgehead atoms. The number of aliphatic hydroxyl groups is 1. The molecule has 98 valence electrons. The highest BCUT2D eigenvalue weighted by Crippen LogP contribution is 2.38. The number of aliphatic hydroxyl groups excluding tert-OH is 1. The molecule has 4 heteroatoms. The standard InChI is InChI=1S/C15H14BrNO2/c16-11-4-5-13-14(8-11)19-9-10(15(13)18)7-12-3-1-2-6-17-12/h1-6,8,10,15,18H,7,9H2/t10-,15+/m0/s1. The van der Waals surface area contributed by atoms with E-state index in [1.165, 1.54) is 0 Å². The van der Waals surface area contributed by atoms with Crippen LogP contribution >= 0.6 is 15.9 Å². The molecular weight excluding hydrogens is 306 g/mol. The van der Waals surface area contributed by atoms with Crippen LogP contribution in [-0.2, 0) is 6.42 Å². The Morgan fingerprint density at radius 1 is 1.32 bits per heavy atom. The van der Waals surface area contributed by atoms with Crippen molar-refractivity contribution in [2.75, 3.05) is 6.61 Å². The lowest BCUT2D eigenvalue weighted by Crippen LogP contribution is -2.27. The van der Waals surface area contributed by atoms with E-state index in [1.54, 1.807) is 6.20 Å². The summed E-state index contributed by atoms with van der Waals surface area (Å²) in [6.45, 7) is 0.515. The first-order valence-corrected chi connectivity index (χ1v) is 7.03. The fourth-order valence-corrected chi connectivity index (χ4v) is 2.72. The van der Waals surface area contributed by atoms with Gasteiger partial charge in [0.2, 0.25) is 0 Å². The van der Waals surface area contributed by atoms with Gasteiger partial charge in [0.25, 0.3) is 0 Å². The number of pyridine rings is 1. The summed E-state index contributed by atoms with van der Waals surface area (Å²) in [6.07, 6.45) is 1.99. The van der Waals surface area contributed by atoms with Gasteiger partial charge < -0.3 is 9.84 Å². The monoisotopic (exact) mass is 319 g/mol. The average molecular weight is 320 g/mol. The highest BCUT2D eigenvalue weighted by Gasteiger charge is 2.29. The van der Waals surface area contributed by atoms with Crippen molar-refractivity contribution in [2.45, 2.75) is 12.5 Å². The van der Waals surface area contributed by atoms with E-state index in [2.05, 4.69) is 20.9 Å². The third-order valence-electron chi connectivity index (χ3n) is 3.39. The van der Waals surface area contributed by atoms with Crippen molar-refractivity contribution in [3.63, 3.8) is 0 Å². The van der Waals surface area contributed by atoms with Crippen molar-refractivity contribution in [1.29, 1.82) is 0 Å². The summed E-state index contributed by atoms with van der Waals surface area (Å²) in [5, 5.41) is 10.5. The summed E-state index contributed by atoms with van der Waals surface area (Å²) in [4.78, 5) is 4.30. The molecule has 1 N–H and O–H groups in total. The first-order chi connectivity index (χ1) is 9.24. The molecule has 0 amide bonds. The van der Waals surface area contributed by atoms with Gasteiger partial charge in [0.05, 0.1) is 12.7 Å². The minimum Gasteiger partial charge on any atom is -0.493 e. The van der Waals surface area contributed by atoms with Crippen molar-refractivity contribution in [3.8, 4) is 5.75 Å². The van der Waals surface area contributed by atoms with E-state index in [4.69, 9.17) is 4.74 Å². The van der Waals surface area contributed by atoms with Gasteiger partial charge in [-0.05, 0) is 30.7 Å². The van der Waals surface area contributed by atoms with Crippen molar-refractivity contribution in [1.82, 2.24) is 4.98 Å². The van der Waals surface area contributed by atoms with E-state index in [9.17, 15) is 5.11 Å². The maximum absolute atomic E-state index is 10.5. The van der Waals surface area contributed by atoms with Crippen LogP contribution in [0.2, 0.25) is 0 Å². The number of aromatic nitrogens is 1. The Labute approximate surface area is 120 Å². The largest absolute Gasteiger partial charge is 0.493 e. The molecule has 2 atom stereocenters. The Balaban J connectivity index is 1.82. The fourth-order valence-electron chi connectivity index (χ4n) is 2.38. The van der Waals surface area contributed by atoms with Gasteiger partial charge in [-0.1, -0.05) is 28.1 Å². The number of hydrogen-bond donors (Lipinski definition) is 1. The van der Waals surface area contributed by atoms with Crippen LogP contribution in [0.1, 0.15) is 17.4 Å². The van der Waals surface area contributed by atoms with E-state index in [0.29, 0.717) is 6.61 Å². The van der Waals surface area contributed by atoms with Gasteiger partial charge in [0, 0.05) is 27.8 Å². The minimum absolute atomic E-state index is 0.0450. The lowest BCUT2D eigenvalue weighted by atomic mass is 9.89. The quantitative estimate of drug-likeness (QED) is 0.924. The molecular formula is C15H14BrNO2. The zero-order valence-electron chi connectivity index (χ0n) is 10.3. The van der Waals surface area contributed by atoms with Gasteiger partial charge in [0.15, 0.2) is 0 Å². The zero-order chi connectivity index (χ0) is 13.2. The van der Waals surface area contributed by atoms with E-state index in [-0.39, 0.29) is 5.92 Å². The van der Waals surface area contributed by atoms with Crippen molar-refractivity contribution in [3.05, 3.63) is 58.3 Å². The van der Waals surface area contributed by atoms with Gasteiger partial charge in [-0.3, -0.25) is 4.98 Å². The first-order valence-electron chi connectivity index (χ1n) is 6.24. The second kappa shape index (κ2) is 5.31. The molecule has 0 radical (unpaired) electrons. The van der Waals surface area contributed by atoms with Crippen LogP contribution in [0.4, 0.5) is 0 Å². The van der Waals surface area contributed by atoms with Crippen LogP contribution in [0.3, 0.4) is 0 Å². The molecule has 1 aliphatic heterocycles. The molecule has 1 aromatic heterocycles. The molecule has 1 aromatic carbocycles. The van der Waals surface area contributed by atoms with Crippen molar-refractivity contribution < 1.29 is 9.84 Å². The molecule has 3 rings (SSSR count). The highest BCUT2D eigenvalue weighted by molar-refractivity contribution is 9.10. The Morgan fingerprint density at radius 2 is 2.21 bits per heavy atom. The molecule has 0 spiro atoms. The smallest absolute Gasteiger partial charge is 0.126 e. The van der Waals surface area contributed by atoms with Crippen molar-refractivity contribution in [2.24, 2.45) is 5.92 Å². The SMILES string of the molecule is O[C@H]1c2ccc(Br)cc2OC[C@@H]1Cc1ccccn1. The summed E-state index contributed by atoms with van der Waals surface area (Å²) in [7, 11) is 0. The summed E-state index contributed by atoms with van der Waals surface area (Å²) in [5.41, 5.74) is 1.84. The number of nitrogens with zero attached hydrogens (tertiary/aromatic N) is 1. The second-order valence-corrected chi connectivity index (χ2v) is 5.64. The highest BCUT2D eigenvalue weighted by atomic mass is 79.9. The molecule has 0 fully saturated rings. The maximum atomic E-state index is 10.5. The number of hydrogen-bond acceptors (Lipinski definition) is 3. The molecule has 0 aliphatic carbocycles. The lowest BCUT2D eigenvalue weighted by molar-refractivity contribution is 0.0502. The second-order valence-electron chi connectivity index (χ2n) is 4.72. The lowest BCUT2D eigenvalue weighted by Gasteiger charge is -2.30.